The van der Waals surface area contributed by atoms with Crippen molar-refractivity contribution in [3.8, 4) is 0 Å². The lowest BCUT2D eigenvalue weighted by molar-refractivity contribution is -0.125. The van der Waals surface area contributed by atoms with E-state index in [4.69, 9.17) is 0 Å². The number of fused-ring (bicyclic) bond motifs is 1. The topological polar surface area (TPSA) is 82.7 Å². The third-order valence-electron chi connectivity index (χ3n) is 3.93. The molecule has 1 aliphatic carbocycles. The summed E-state index contributed by atoms with van der Waals surface area (Å²) < 4.78 is 0. The van der Waals surface area contributed by atoms with Crippen molar-refractivity contribution in [2.24, 2.45) is 17.8 Å². The molecule has 0 radical (unpaired) electrons. The van der Waals surface area contributed by atoms with Crippen LogP contribution in [0.1, 0.15) is 18.5 Å². The minimum Gasteiger partial charge on any atom is -0.350 e. The Balaban J connectivity index is 1.50. The summed E-state index contributed by atoms with van der Waals surface area (Å²) in [6, 6.07) is 0. The van der Waals surface area contributed by atoms with Gasteiger partial charge in [-0.1, -0.05) is 0 Å². The molecule has 92 valence electrons. The fourth-order valence-electron chi connectivity index (χ4n) is 3.01. The van der Waals surface area contributed by atoms with Gasteiger partial charge in [-0.05, 0) is 37.8 Å². The zero-order valence-electron chi connectivity index (χ0n) is 9.65. The van der Waals surface area contributed by atoms with Crippen molar-refractivity contribution < 1.29 is 4.79 Å². The number of nitrogens with one attached hydrogen (secondary N) is 3. The number of aromatic amines is 1. The van der Waals surface area contributed by atoms with Gasteiger partial charge in [0, 0.05) is 5.92 Å². The summed E-state index contributed by atoms with van der Waals surface area (Å²) in [5.74, 6) is 1.78. The van der Waals surface area contributed by atoms with Crippen LogP contribution in [0.2, 0.25) is 0 Å². The van der Waals surface area contributed by atoms with E-state index in [0.717, 1.165) is 31.6 Å². The predicted molar refractivity (Wildman–Crippen MR) is 60.8 cm³/mol. The molecule has 0 aromatic carbocycles. The monoisotopic (exact) mass is 235 g/mol. The fraction of sp³-hybridized carbons (Fsp3) is 0.727. The zero-order chi connectivity index (χ0) is 11.7. The first kappa shape index (κ1) is 10.7. The first-order valence-corrected chi connectivity index (χ1v) is 6.16. The van der Waals surface area contributed by atoms with Crippen LogP contribution in [-0.4, -0.2) is 34.4 Å². The van der Waals surface area contributed by atoms with E-state index < -0.39 is 0 Å². The highest BCUT2D eigenvalue weighted by molar-refractivity contribution is 5.78. The quantitative estimate of drug-likeness (QED) is 0.669. The molecule has 2 fully saturated rings. The zero-order valence-corrected chi connectivity index (χ0v) is 9.65. The number of hydrogen-bond donors (Lipinski definition) is 3. The van der Waals surface area contributed by atoms with Crippen molar-refractivity contribution in [3.05, 3.63) is 11.9 Å². The van der Waals surface area contributed by atoms with Gasteiger partial charge in [-0.3, -0.25) is 4.79 Å². The summed E-state index contributed by atoms with van der Waals surface area (Å²) in [5.41, 5.74) is 0.776. The lowest BCUT2D eigenvalue weighted by Crippen LogP contribution is -2.30. The molecular formula is C11H17N5O. The number of aromatic nitrogens is 3. The van der Waals surface area contributed by atoms with Gasteiger partial charge in [0.25, 0.3) is 0 Å². The molecule has 1 saturated heterocycles. The Morgan fingerprint density at radius 1 is 1.41 bits per heavy atom. The minimum absolute atomic E-state index is 0.169. The van der Waals surface area contributed by atoms with Gasteiger partial charge in [-0.2, -0.15) is 15.4 Å². The highest BCUT2D eigenvalue weighted by Gasteiger charge is 2.40. The molecular weight excluding hydrogens is 218 g/mol. The highest BCUT2D eigenvalue weighted by atomic mass is 16.1. The molecule has 3 rings (SSSR count). The number of H-pyrrole nitrogens is 1. The Bertz CT molecular complexity index is 379. The van der Waals surface area contributed by atoms with E-state index in [2.05, 4.69) is 26.0 Å². The van der Waals surface area contributed by atoms with Crippen LogP contribution >= 0.6 is 0 Å². The molecule has 6 nitrogen and oxygen atoms in total. The molecule has 6 heteroatoms. The summed E-state index contributed by atoms with van der Waals surface area (Å²) in [5, 5.41) is 16.5. The summed E-state index contributed by atoms with van der Waals surface area (Å²) in [6.45, 7) is 2.63. The van der Waals surface area contributed by atoms with Gasteiger partial charge < -0.3 is 10.6 Å². The van der Waals surface area contributed by atoms with Crippen LogP contribution < -0.4 is 10.6 Å². The van der Waals surface area contributed by atoms with Crippen LogP contribution in [0.4, 0.5) is 0 Å². The van der Waals surface area contributed by atoms with Crippen molar-refractivity contribution in [3.63, 3.8) is 0 Å². The van der Waals surface area contributed by atoms with Gasteiger partial charge in [0.05, 0.1) is 12.7 Å². The average molecular weight is 235 g/mol. The molecule has 3 atom stereocenters. The average Bonchev–Trinajstić information content (AvgIpc) is 3.01. The van der Waals surface area contributed by atoms with Gasteiger partial charge in [0.15, 0.2) is 0 Å². The van der Waals surface area contributed by atoms with Gasteiger partial charge in [0.2, 0.25) is 5.91 Å². The van der Waals surface area contributed by atoms with Crippen molar-refractivity contribution >= 4 is 5.91 Å². The molecule has 1 saturated carbocycles. The van der Waals surface area contributed by atoms with E-state index in [1.54, 1.807) is 6.20 Å². The molecule has 1 aliphatic heterocycles. The Kier molecular flexibility index (Phi) is 2.80. The molecule has 1 aromatic rings. The lowest BCUT2D eigenvalue weighted by atomic mass is 10.0. The number of amides is 1. The summed E-state index contributed by atoms with van der Waals surface area (Å²) in [6.07, 6.45) is 3.69. The SMILES string of the molecule is O=C(NCc1cn[nH]n1)C1C[C@H]2CNC[C@H]2C1. The summed E-state index contributed by atoms with van der Waals surface area (Å²) >= 11 is 0. The van der Waals surface area contributed by atoms with E-state index in [0.29, 0.717) is 18.4 Å². The van der Waals surface area contributed by atoms with Gasteiger partial charge >= 0.3 is 0 Å². The van der Waals surface area contributed by atoms with Crippen LogP contribution in [0.25, 0.3) is 0 Å². The molecule has 2 heterocycles. The third kappa shape index (κ3) is 2.17. The van der Waals surface area contributed by atoms with Crippen LogP contribution in [0, 0.1) is 17.8 Å². The van der Waals surface area contributed by atoms with Crippen molar-refractivity contribution in [2.75, 3.05) is 13.1 Å². The molecule has 1 amide bonds. The van der Waals surface area contributed by atoms with E-state index in [1.807, 2.05) is 0 Å². The summed E-state index contributed by atoms with van der Waals surface area (Å²) in [4.78, 5) is 12.0. The Labute approximate surface area is 99.6 Å². The Morgan fingerprint density at radius 2 is 2.18 bits per heavy atom. The van der Waals surface area contributed by atoms with Crippen molar-refractivity contribution in [2.45, 2.75) is 19.4 Å². The molecule has 2 aliphatic rings. The van der Waals surface area contributed by atoms with Crippen LogP contribution in [0.3, 0.4) is 0 Å². The van der Waals surface area contributed by atoms with Gasteiger partial charge in [-0.15, -0.1) is 0 Å². The smallest absolute Gasteiger partial charge is 0.223 e. The maximum atomic E-state index is 12.0. The highest BCUT2D eigenvalue weighted by Crippen LogP contribution is 2.38. The third-order valence-corrected chi connectivity index (χ3v) is 3.93. The first-order valence-electron chi connectivity index (χ1n) is 6.16. The predicted octanol–water partition coefficient (Wildman–Crippen LogP) is -0.334. The first-order chi connectivity index (χ1) is 8.33. The van der Waals surface area contributed by atoms with Crippen molar-refractivity contribution in [1.82, 2.24) is 26.0 Å². The lowest BCUT2D eigenvalue weighted by Gasteiger charge is -2.10. The number of carbonyl (C=O) groups excluding carboxylic acids is 1. The minimum atomic E-state index is 0.169. The molecule has 1 aromatic heterocycles. The molecule has 3 N–H and O–H groups in total. The summed E-state index contributed by atoms with van der Waals surface area (Å²) in [7, 11) is 0. The van der Waals surface area contributed by atoms with E-state index in [-0.39, 0.29) is 11.8 Å². The number of carbonyl (C=O) groups is 1. The van der Waals surface area contributed by atoms with E-state index in [9.17, 15) is 4.79 Å². The van der Waals surface area contributed by atoms with Crippen LogP contribution in [0.5, 0.6) is 0 Å². The number of rotatable bonds is 3. The molecule has 0 spiro atoms. The normalized spacial score (nSPS) is 31.4. The van der Waals surface area contributed by atoms with Crippen LogP contribution in [-0.2, 0) is 11.3 Å². The van der Waals surface area contributed by atoms with Gasteiger partial charge in [-0.25, -0.2) is 0 Å². The second-order valence-corrected chi connectivity index (χ2v) is 5.03. The Morgan fingerprint density at radius 3 is 2.82 bits per heavy atom. The fourth-order valence-corrected chi connectivity index (χ4v) is 3.01. The molecule has 17 heavy (non-hydrogen) atoms. The Hall–Kier alpha value is -1.43. The number of nitrogens with zero attached hydrogens (tertiary/aromatic N) is 2. The number of hydrogen-bond acceptors (Lipinski definition) is 4. The largest absolute Gasteiger partial charge is 0.350 e. The molecule has 1 unspecified atom stereocenters. The van der Waals surface area contributed by atoms with E-state index >= 15 is 0 Å². The van der Waals surface area contributed by atoms with Gasteiger partial charge in [0.1, 0.15) is 5.69 Å². The van der Waals surface area contributed by atoms with E-state index in [1.165, 1.54) is 0 Å². The second kappa shape index (κ2) is 4.44. The second-order valence-electron chi connectivity index (χ2n) is 5.03. The molecule has 0 bridgehead atoms. The standard InChI is InChI=1S/C11H17N5O/c17-11(13-5-10-6-14-16-15-10)7-1-8-3-12-4-9(8)2-7/h6-9,12H,1-5H2,(H,13,17)(H,14,15,16)/t7?,8-,9+. The maximum Gasteiger partial charge on any atom is 0.223 e. The van der Waals surface area contributed by atoms with Crippen LogP contribution in [0.15, 0.2) is 6.20 Å². The van der Waals surface area contributed by atoms with Crippen molar-refractivity contribution in [1.29, 1.82) is 0 Å². The maximum absolute atomic E-state index is 12.0.